The first-order chi connectivity index (χ1) is 13.8. The summed E-state index contributed by atoms with van der Waals surface area (Å²) in [7, 11) is 0. The van der Waals surface area contributed by atoms with Gasteiger partial charge in [0.15, 0.2) is 5.13 Å². The Balaban J connectivity index is 1.77. The van der Waals surface area contributed by atoms with Crippen LogP contribution in [-0.4, -0.2) is 58.3 Å². The number of carbonyl (C=O) groups excluding carboxylic acids is 3. The number of rotatable bonds is 4. The van der Waals surface area contributed by atoms with E-state index in [0.717, 1.165) is 0 Å². The summed E-state index contributed by atoms with van der Waals surface area (Å²) < 4.78 is 10.5. The van der Waals surface area contributed by atoms with Crippen LogP contribution in [0.15, 0.2) is 5.38 Å². The van der Waals surface area contributed by atoms with E-state index in [9.17, 15) is 14.4 Å². The monoisotopic (exact) mass is 440 g/mol. The van der Waals surface area contributed by atoms with Crippen molar-refractivity contribution in [1.29, 1.82) is 0 Å². The lowest BCUT2D eigenvalue weighted by Crippen LogP contribution is -2.48. The van der Waals surface area contributed by atoms with Crippen LogP contribution in [0.2, 0.25) is 0 Å². The van der Waals surface area contributed by atoms with E-state index >= 15 is 0 Å². The van der Waals surface area contributed by atoms with E-state index in [-0.39, 0.29) is 18.4 Å². The number of hydrogen-bond donors (Lipinski definition) is 2. The molecule has 1 saturated heterocycles. The molecule has 0 radical (unpaired) electrons. The van der Waals surface area contributed by atoms with Gasteiger partial charge in [-0.2, -0.15) is 0 Å². The number of likely N-dealkylation sites (tertiary alicyclic amines) is 1. The molecule has 1 aliphatic heterocycles. The highest BCUT2D eigenvalue weighted by molar-refractivity contribution is 7.13. The van der Waals surface area contributed by atoms with Gasteiger partial charge in [0.2, 0.25) is 5.91 Å². The predicted molar refractivity (Wildman–Crippen MR) is 115 cm³/mol. The van der Waals surface area contributed by atoms with Crippen LogP contribution < -0.4 is 10.6 Å². The molecule has 0 spiro atoms. The molecule has 30 heavy (non-hydrogen) atoms. The third kappa shape index (κ3) is 8.56. The summed E-state index contributed by atoms with van der Waals surface area (Å²) in [5.41, 5.74) is -0.527. The van der Waals surface area contributed by atoms with Gasteiger partial charge in [0.05, 0.1) is 12.1 Å². The second-order valence-electron chi connectivity index (χ2n) is 9.25. The maximum Gasteiger partial charge on any atom is 0.413 e. The Bertz CT molecular complexity index is 758. The number of nitrogens with one attached hydrogen (secondary N) is 2. The topological polar surface area (TPSA) is 110 Å². The lowest BCUT2D eigenvalue weighted by atomic mass is 10.0. The Morgan fingerprint density at radius 3 is 2.20 bits per heavy atom. The molecule has 0 bridgehead atoms. The van der Waals surface area contributed by atoms with E-state index in [1.165, 1.54) is 11.3 Å². The fourth-order valence-electron chi connectivity index (χ4n) is 2.85. The molecule has 1 aliphatic rings. The smallest absolute Gasteiger partial charge is 0.413 e. The van der Waals surface area contributed by atoms with Gasteiger partial charge in [0.25, 0.3) is 0 Å². The molecule has 0 unspecified atom stereocenters. The summed E-state index contributed by atoms with van der Waals surface area (Å²) in [6.07, 6.45) is 0.506. The van der Waals surface area contributed by atoms with Crippen molar-refractivity contribution in [3.63, 3.8) is 0 Å². The molecule has 168 valence electrons. The van der Waals surface area contributed by atoms with Crippen molar-refractivity contribution in [2.24, 2.45) is 0 Å². The first kappa shape index (κ1) is 23.9. The van der Waals surface area contributed by atoms with Gasteiger partial charge in [-0.3, -0.25) is 10.1 Å². The second kappa shape index (κ2) is 9.63. The molecule has 0 atom stereocenters. The Morgan fingerprint density at radius 1 is 1.07 bits per heavy atom. The first-order valence-electron chi connectivity index (χ1n) is 10.0. The maximum atomic E-state index is 12.6. The normalized spacial score (nSPS) is 15.5. The lowest BCUT2D eigenvalue weighted by molar-refractivity contribution is -0.131. The first-order valence-corrected chi connectivity index (χ1v) is 10.9. The predicted octanol–water partition coefficient (Wildman–Crippen LogP) is 3.55. The highest BCUT2D eigenvalue weighted by Gasteiger charge is 2.26. The lowest BCUT2D eigenvalue weighted by Gasteiger charge is -2.32. The van der Waals surface area contributed by atoms with E-state index in [1.54, 1.807) is 31.1 Å². The zero-order chi connectivity index (χ0) is 22.5. The molecule has 2 rings (SSSR count). The minimum Gasteiger partial charge on any atom is -0.444 e. The Morgan fingerprint density at radius 2 is 1.63 bits per heavy atom. The van der Waals surface area contributed by atoms with Crippen LogP contribution in [-0.2, 0) is 20.7 Å². The summed E-state index contributed by atoms with van der Waals surface area (Å²) in [4.78, 5) is 42.3. The fourth-order valence-corrected chi connectivity index (χ4v) is 3.55. The Hall–Kier alpha value is -2.36. The van der Waals surface area contributed by atoms with Gasteiger partial charge >= 0.3 is 12.2 Å². The van der Waals surface area contributed by atoms with Gasteiger partial charge in [-0.1, -0.05) is 0 Å². The number of piperidine rings is 1. The van der Waals surface area contributed by atoms with Crippen molar-refractivity contribution in [2.45, 2.75) is 78.0 Å². The number of hydrogen-bond acceptors (Lipinski definition) is 7. The van der Waals surface area contributed by atoms with Crippen molar-refractivity contribution >= 4 is 34.6 Å². The number of aromatic nitrogens is 1. The zero-order valence-corrected chi connectivity index (χ0v) is 19.4. The van der Waals surface area contributed by atoms with Gasteiger partial charge in [-0.15, -0.1) is 11.3 Å². The van der Waals surface area contributed by atoms with E-state index in [2.05, 4.69) is 15.6 Å². The largest absolute Gasteiger partial charge is 0.444 e. The number of carbonyl (C=O) groups is 3. The summed E-state index contributed by atoms with van der Waals surface area (Å²) in [6.45, 7) is 11.9. The number of amides is 3. The average molecular weight is 441 g/mol. The van der Waals surface area contributed by atoms with Crippen LogP contribution in [0.1, 0.15) is 60.1 Å². The zero-order valence-electron chi connectivity index (χ0n) is 18.5. The molecule has 0 saturated carbocycles. The van der Waals surface area contributed by atoms with Gasteiger partial charge in [-0.25, -0.2) is 14.6 Å². The third-order valence-corrected chi connectivity index (χ3v) is 4.87. The SMILES string of the molecule is CC(C)(C)OC(=O)Nc1nc(CC(=O)N2CCC(NC(=O)OC(C)(C)C)CC2)cs1. The van der Waals surface area contributed by atoms with Crippen LogP contribution in [0, 0.1) is 0 Å². The number of anilines is 1. The highest BCUT2D eigenvalue weighted by atomic mass is 32.1. The minimum atomic E-state index is -0.593. The number of alkyl carbamates (subject to hydrolysis) is 1. The standard InChI is InChI=1S/C20H32N4O5S/c1-19(2,3)28-17(26)22-13-7-9-24(10-8-13)15(25)11-14-12-30-16(21-14)23-18(27)29-20(4,5)6/h12-13H,7-11H2,1-6H3,(H,22,26)(H,21,23,27). The van der Waals surface area contributed by atoms with E-state index in [1.807, 2.05) is 20.8 Å². The second-order valence-corrected chi connectivity index (χ2v) is 10.1. The maximum absolute atomic E-state index is 12.6. The summed E-state index contributed by atoms with van der Waals surface area (Å²) in [5, 5.41) is 7.59. The average Bonchev–Trinajstić information content (AvgIpc) is 2.98. The van der Waals surface area contributed by atoms with E-state index < -0.39 is 23.4 Å². The summed E-state index contributed by atoms with van der Waals surface area (Å²) in [5.74, 6) is -0.0279. The fraction of sp³-hybridized carbons (Fsp3) is 0.700. The molecule has 10 heteroatoms. The molecule has 2 N–H and O–H groups in total. The number of nitrogens with zero attached hydrogens (tertiary/aromatic N) is 2. The molecular formula is C20H32N4O5S. The van der Waals surface area contributed by atoms with Crippen LogP contribution >= 0.6 is 11.3 Å². The molecular weight excluding hydrogens is 408 g/mol. The molecule has 1 aromatic heterocycles. The molecule has 1 fully saturated rings. The number of ether oxygens (including phenoxy) is 2. The molecule has 0 aliphatic carbocycles. The van der Waals surface area contributed by atoms with Crippen LogP contribution in [0.25, 0.3) is 0 Å². The minimum absolute atomic E-state index is 0.00666. The van der Waals surface area contributed by atoms with Gasteiger partial charge in [0.1, 0.15) is 11.2 Å². The molecule has 9 nitrogen and oxygen atoms in total. The quantitative estimate of drug-likeness (QED) is 0.741. The van der Waals surface area contributed by atoms with E-state index in [0.29, 0.717) is 36.8 Å². The Labute approximate surface area is 181 Å². The molecule has 3 amide bonds. The van der Waals surface area contributed by atoms with Crippen molar-refractivity contribution in [3.8, 4) is 0 Å². The van der Waals surface area contributed by atoms with E-state index in [4.69, 9.17) is 9.47 Å². The van der Waals surface area contributed by atoms with Gasteiger partial charge in [-0.05, 0) is 54.4 Å². The molecule has 0 aromatic carbocycles. The molecule has 2 heterocycles. The van der Waals surface area contributed by atoms with Crippen LogP contribution in [0.3, 0.4) is 0 Å². The van der Waals surface area contributed by atoms with Crippen LogP contribution in [0.5, 0.6) is 0 Å². The highest BCUT2D eigenvalue weighted by Crippen LogP contribution is 2.19. The number of thiazole rings is 1. The third-order valence-electron chi connectivity index (χ3n) is 4.06. The van der Waals surface area contributed by atoms with Gasteiger partial charge in [0, 0.05) is 24.5 Å². The van der Waals surface area contributed by atoms with Gasteiger partial charge < -0.3 is 19.7 Å². The van der Waals surface area contributed by atoms with Crippen molar-refractivity contribution in [1.82, 2.24) is 15.2 Å². The van der Waals surface area contributed by atoms with Crippen molar-refractivity contribution in [2.75, 3.05) is 18.4 Å². The van der Waals surface area contributed by atoms with Crippen LogP contribution in [0.4, 0.5) is 14.7 Å². The van der Waals surface area contributed by atoms with Crippen molar-refractivity contribution in [3.05, 3.63) is 11.1 Å². The summed E-state index contributed by atoms with van der Waals surface area (Å²) in [6, 6.07) is -0.00666. The summed E-state index contributed by atoms with van der Waals surface area (Å²) >= 11 is 1.25. The van der Waals surface area contributed by atoms with Crippen molar-refractivity contribution < 1.29 is 23.9 Å². The molecule has 1 aromatic rings. The Kier molecular flexibility index (Phi) is 7.68.